The minimum Gasteiger partial charge on any atom is -0.335 e. The zero-order valence-electron chi connectivity index (χ0n) is 12.2. The van der Waals surface area contributed by atoms with Crippen LogP contribution in [-0.2, 0) is 6.42 Å². The predicted molar refractivity (Wildman–Crippen MR) is 78.2 cm³/mol. The van der Waals surface area contributed by atoms with Crippen molar-refractivity contribution in [3.63, 3.8) is 0 Å². The lowest BCUT2D eigenvalue weighted by Crippen LogP contribution is -2.38. The molecule has 0 bridgehead atoms. The Balaban J connectivity index is 2.26. The van der Waals surface area contributed by atoms with E-state index in [0.29, 0.717) is 11.6 Å². The number of hydrazine groups is 1. The van der Waals surface area contributed by atoms with E-state index in [2.05, 4.69) is 22.3 Å². The maximum atomic E-state index is 12.7. The van der Waals surface area contributed by atoms with E-state index in [4.69, 9.17) is 5.84 Å². The normalized spacial score (nSPS) is 19.6. The van der Waals surface area contributed by atoms with Gasteiger partial charge in [-0.1, -0.05) is 19.8 Å². The Morgan fingerprint density at radius 3 is 2.95 bits per heavy atom. The first kappa shape index (κ1) is 14.7. The first-order valence-electron chi connectivity index (χ1n) is 7.31. The van der Waals surface area contributed by atoms with Crippen LogP contribution in [0, 0.1) is 0 Å². The Bertz CT molecular complexity index is 454. The lowest BCUT2D eigenvalue weighted by atomic mass is 10.1. The van der Waals surface area contributed by atoms with Crippen molar-refractivity contribution >= 4 is 11.9 Å². The van der Waals surface area contributed by atoms with E-state index in [1.54, 1.807) is 6.07 Å². The molecule has 1 saturated heterocycles. The monoisotopic (exact) mass is 277 g/mol. The first-order chi connectivity index (χ1) is 9.65. The van der Waals surface area contributed by atoms with Crippen LogP contribution in [0.25, 0.3) is 0 Å². The Morgan fingerprint density at radius 1 is 1.45 bits per heavy atom. The Labute approximate surface area is 119 Å². The molecule has 110 valence electrons. The summed E-state index contributed by atoms with van der Waals surface area (Å²) in [6.07, 6.45) is 5.23. The number of hydrogen-bond donors (Lipinski definition) is 2. The SMILES string of the molecule is CCc1cc(C(=O)N2CCCCCC2C)nc(NN)n1. The van der Waals surface area contributed by atoms with Crippen LogP contribution in [0.5, 0.6) is 0 Å². The summed E-state index contributed by atoms with van der Waals surface area (Å²) >= 11 is 0. The summed E-state index contributed by atoms with van der Waals surface area (Å²) in [6, 6.07) is 2.03. The second-order valence-electron chi connectivity index (χ2n) is 5.26. The highest BCUT2D eigenvalue weighted by Gasteiger charge is 2.24. The highest BCUT2D eigenvalue weighted by Crippen LogP contribution is 2.19. The maximum Gasteiger partial charge on any atom is 0.272 e. The average molecular weight is 277 g/mol. The van der Waals surface area contributed by atoms with Crippen LogP contribution < -0.4 is 11.3 Å². The van der Waals surface area contributed by atoms with Crippen LogP contribution in [0.15, 0.2) is 6.07 Å². The summed E-state index contributed by atoms with van der Waals surface area (Å²) in [5.74, 6) is 5.65. The van der Waals surface area contributed by atoms with E-state index < -0.39 is 0 Å². The molecule has 1 aromatic heterocycles. The summed E-state index contributed by atoms with van der Waals surface area (Å²) in [6.45, 7) is 4.90. The van der Waals surface area contributed by atoms with E-state index >= 15 is 0 Å². The molecule has 2 rings (SSSR count). The zero-order chi connectivity index (χ0) is 14.5. The molecule has 0 aliphatic carbocycles. The van der Waals surface area contributed by atoms with Crippen molar-refractivity contribution in [2.24, 2.45) is 5.84 Å². The number of nitrogens with two attached hydrogens (primary N) is 1. The molecule has 2 heterocycles. The second-order valence-corrected chi connectivity index (χ2v) is 5.26. The van der Waals surface area contributed by atoms with E-state index in [9.17, 15) is 4.79 Å². The van der Waals surface area contributed by atoms with Gasteiger partial charge in [0.2, 0.25) is 5.95 Å². The summed E-state index contributed by atoms with van der Waals surface area (Å²) in [5, 5.41) is 0. The van der Waals surface area contributed by atoms with Crippen LogP contribution >= 0.6 is 0 Å². The molecule has 20 heavy (non-hydrogen) atoms. The van der Waals surface area contributed by atoms with Gasteiger partial charge in [0.05, 0.1) is 0 Å². The smallest absolute Gasteiger partial charge is 0.272 e. The topological polar surface area (TPSA) is 84.1 Å². The summed E-state index contributed by atoms with van der Waals surface area (Å²) in [4.78, 5) is 23.0. The minimum atomic E-state index is -0.0204. The van der Waals surface area contributed by atoms with Gasteiger partial charge in [-0.2, -0.15) is 0 Å². The molecule has 1 amide bonds. The molecule has 6 heteroatoms. The van der Waals surface area contributed by atoms with Crippen molar-refractivity contribution in [3.8, 4) is 0 Å². The summed E-state index contributed by atoms with van der Waals surface area (Å²) in [7, 11) is 0. The Kier molecular flexibility index (Phi) is 4.89. The summed E-state index contributed by atoms with van der Waals surface area (Å²) < 4.78 is 0. The molecule has 1 atom stereocenters. The van der Waals surface area contributed by atoms with Gasteiger partial charge in [-0.15, -0.1) is 0 Å². The second kappa shape index (κ2) is 6.65. The highest BCUT2D eigenvalue weighted by atomic mass is 16.2. The Hall–Kier alpha value is -1.69. The van der Waals surface area contributed by atoms with Crippen LogP contribution in [0.3, 0.4) is 0 Å². The molecule has 0 aromatic carbocycles. The van der Waals surface area contributed by atoms with Crippen molar-refractivity contribution in [2.45, 2.75) is 52.0 Å². The fourth-order valence-electron chi connectivity index (χ4n) is 2.58. The number of carbonyl (C=O) groups is 1. The van der Waals surface area contributed by atoms with Crippen molar-refractivity contribution in [1.82, 2.24) is 14.9 Å². The van der Waals surface area contributed by atoms with Gasteiger partial charge in [-0.3, -0.25) is 10.2 Å². The number of likely N-dealkylation sites (tertiary alicyclic amines) is 1. The molecular formula is C14H23N5O. The van der Waals surface area contributed by atoms with Gasteiger partial charge in [0.15, 0.2) is 0 Å². The van der Waals surface area contributed by atoms with Gasteiger partial charge in [0.1, 0.15) is 5.69 Å². The average Bonchev–Trinajstić information content (AvgIpc) is 2.70. The van der Waals surface area contributed by atoms with Gasteiger partial charge >= 0.3 is 0 Å². The molecule has 1 aromatic rings. The minimum absolute atomic E-state index is 0.0204. The number of carbonyl (C=O) groups excluding carboxylic acids is 1. The van der Waals surface area contributed by atoms with E-state index in [-0.39, 0.29) is 11.9 Å². The van der Waals surface area contributed by atoms with Crippen molar-refractivity contribution in [1.29, 1.82) is 0 Å². The molecule has 0 saturated carbocycles. The molecule has 6 nitrogen and oxygen atoms in total. The van der Waals surface area contributed by atoms with E-state index in [1.807, 2.05) is 11.8 Å². The lowest BCUT2D eigenvalue weighted by molar-refractivity contribution is 0.0691. The quantitative estimate of drug-likeness (QED) is 0.649. The molecule has 0 radical (unpaired) electrons. The third-order valence-corrected chi connectivity index (χ3v) is 3.80. The molecular weight excluding hydrogens is 254 g/mol. The number of aromatic nitrogens is 2. The van der Waals surface area contributed by atoms with Gasteiger partial charge in [0, 0.05) is 18.3 Å². The largest absolute Gasteiger partial charge is 0.335 e. The van der Waals surface area contributed by atoms with Crippen LogP contribution in [0.2, 0.25) is 0 Å². The number of anilines is 1. The first-order valence-corrected chi connectivity index (χ1v) is 7.31. The molecule has 1 unspecified atom stereocenters. The number of nitrogens with zero attached hydrogens (tertiary/aromatic N) is 3. The lowest BCUT2D eigenvalue weighted by Gasteiger charge is -2.27. The maximum absolute atomic E-state index is 12.7. The van der Waals surface area contributed by atoms with Crippen molar-refractivity contribution in [2.75, 3.05) is 12.0 Å². The third kappa shape index (κ3) is 3.25. The molecule has 0 spiro atoms. The van der Waals surface area contributed by atoms with E-state index in [0.717, 1.165) is 31.5 Å². The van der Waals surface area contributed by atoms with Crippen LogP contribution in [0.1, 0.15) is 55.7 Å². The van der Waals surface area contributed by atoms with Gasteiger partial charge < -0.3 is 4.90 Å². The van der Waals surface area contributed by atoms with Crippen molar-refractivity contribution < 1.29 is 4.79 Å². The third-order valence-electron chi connectivity index (χ3n) is 3.80. The molecule has 1 aliphatic heterocycles. The fraction of sp³-hybridized carbons (Fsp3) is 0.643. The van der Waals surface area contributed by atoms with Crippen molar-refractivity contribution in [3.05, 3.63) is 17.5 Å². The predicted octanol–water partition coefficient (Wildman–Crippen LogP) is 1.73. The zero-order valence-corrected chi connectivity index (χ0v) is 12.2. The van der Waals surface area contributed by atoms with Gasteiger partial charge in [0.25, 0.3) is 5.91 Å². The van der Waals surface area contributed by atoms with Gasteiger partial charge in [-0.05, 0) is 32.3 Å². The highest BCUT2D eigenvalue weighted by molar-refractivity contribution is 5.93. The number of aryl methyl sites for hydroxylation is 1. The number of nitrogen functional groups attached to an aromatic ring is 1. The van der Waals surface area contributed by atoms with Gasteiger partial charge in [-0.25, -0.2) is 15.8 Å². The fourth-order valence-corrected chi connectivity index (χ4v) is 2.58. The Morgan fingerprint density at radius 2 is 2.25 bits per heavy atom. The number of rotatable bonds is 3. The van der Waals surface area contributed by atoms with Crippen LogP contribution in [0.4, 0.5) is 5.95 Å². The summed E-state index contributed by atoms with van der Waals surface area (Å²) in [5.41, 5.74) is 3.68. The molecule has 3 N–H and O–H groups in total. The molecule has 1 fully saturated rings. The number of nitrogens with one attached hydrogen (secondary N) is 1. The number of hydrogen-bond acceptors (Lipinski definition) is 5. The van der Waals surface area contributed by atoms with Crippen LogP contribution in [-0.4, -0.2) is 33.4 Å². The van der Waals surface area contributed by atoms with E-state index in [1.165, 1.54) is 12.8 Å². The number of amides is 1. The standard InChI is InChI=1S/C14H23N5O/c1-3-11-9-12(17-14(16-11)18-15)13(20)19-8-6-4-5-7-10(19)2/h9-10H,3-8,15H2,1-2H3,(H,16,17,18). The molecule has 1 aliphatic rings.